The van der Waals surface area contributed by atoms with E-state index >= 15 is 0 Å². The average Bonchev–Trinajstić information content (AvgIpc) is 3.53. The van der Waals surface area contributed by atoms with Gasteiger partial charge in [0.1, 0.15) is 0 Å². The van der Waals surface area contributed by atoms with Gasteiger partial charge < -0.3 is 0 Å². The summed E-state index contributed by atoms with van der Waals surface area (Å²) in [7, 11) is 0. The van der Waals surface area contributed by atoms with E-state index in [2.05, 4.69) is 155 Å². The van der Waals surface area contributed by atoms with Crippen LogP contribution in [0.2, 0.25) is 13.1 Å². The standard InChI is InChI=1S/C18H17.C16H13.C2H6Si.Zr/c1-13(2)16-11-15-9-6-10-17(18(15)12-16)14-7-4-3-5-8-14;1-12-10-14-8-5-9-15(16(14)11-12)13-6-3-2-4-7-13;1-3-2;/h3-13H,1-2H3;2-11H,1H3;1-2H3;/q2*-1;;+2. The minimum atomic E-state index is 0.210. The fourth-order valence-corrected chi connectivity index (χ4v) is 4.71. The number of hydrogen-bond acceptors (Lipinski definition) is 0. The fourth-order valence-electron chi connectivity index (χ4n) is 4.71. The molecule has 0 nitrogen and oxygen atoms in total. The third-order valence-corrected chi connectivity index (χ3v) is 6.50. The third kappa shape index (κ3) is 7.19. The van der Waals surface area contributed by atoms with Crippen molar-refractivity contribution in [2.75, 3.05) is 0 Å². The number of benzene rings is 4. The molecule has 0 unspecified atom stereocenters. The normalized spacial score (nSPS) is 10.6. The number of fused-ring (bicyclic) bond motifs is 2. The van der Waals surface area contributed by atoms with Crippen LogP contribution in [0.25, 0.3) is 43.8 Å². The molecular formula is C36H36SiZr. The van der Waals surface area contributed by atoms with Gasteiger partial charge in [0, 0.05) is 0 Å². The molecule has 38 heavy (non-hydrogen) atoms. The first-order chi connectivity index (χ1) is 18.3. The second-order valence-corrected chi connectivity index (χ2v) is 19.7. The van der Waals surface area contributed by atoms with E-state index in [1.165, 1.54) is 54.9 Å². The molecule has 0 saturated heterocycles. The Balaban J connectivity index is 0.000000156. The third-order valence-electron chi connectivity index (χ3n) is 6.50. The molecule has 6 aromatic carbocycles. The van der Waals surface area contributed by atoms with Crippen LogP contribution in [0.5, 0.6) is 0 Å². The van der Waals surface area contributed by atoms with Crippen molar-refractivity contribution < 1.29 is 23.3 Å². The summed E-state index contributed by atoms with van der Waals surface area (Å²) in [4.78, 5) is 0. The van der Waals surface area contributed by atoms with Crippen molar-refractivity contribution in [1.82, 2.24) is 0 Å². The van der Waals surface area contributed by atoms with Crippen molar-refractivity contribution in [3.05, 3.63) is 132 Å². The molecule has 2 heteroatoms. The van der Waals surface area contributed by atoms with E-state index in [-0.39, 0.29) is 5.43 Å². The molecule has 0 fully saturated rings. The fraction of sp³-hybridized carbons (Fsp3) is 0.167. The Hall–Kier alpha value is -2.80. The maximum absolute atomic E-state index is 2.34. The first kappa shape index (κ1) is 28.2. The van der Waals surface area contributed by atoms with Crippen LogP contribution in [-0.2, 0) is 23.3 Å². The molecule has 0 amide bonds. The summed E-state index contributed by atoms with van der Waals surface area (Å²) in [6.45, 7) is 11.3. The van der Waals surface area contributed by atoms with Crippen LogP contribution in [-0.4, -0.2) is 5.43 Å². The zero-order valence-corrected chi connectivity index (χ0v) is 26.6. The van der Waals surface area contributed by atoms with Crippen molar-refractivity contribution in [3.8, 4) is 22.3 Å². The molecule has 6 aromatic rings. The molecule has 0 aliphatic carbocycles. The molecule has 0 atom stereocenters. The summed E-state index contributed by atoms with van der Waals surface area (Å²) < 4.78 is 0. The van der Waals surface area contributed by atoms with E-state index in [1.807, 2.05) is 0 Å². The summed E-state index contributed by atoms with van der Waals surface area (Å²) in [6.07, 6.45) is 0. The summed E-state index contributed by atoms with van der Waals surface area (Å²) in [5, 5.41) is 5.40. The van der Waals surface area contributed by atoms with Crippen molar-refractivity contribution in [1.29, 1.82) is 0 Å². The number of aryl methyl sites for hydroxylation is 1. The van der Waals surface area contributed by atoms with Crippen molar-refractivity contribution >= 4 is 27.0 Å². The molecule has 0 spiro atoms. The summed E-state index contributed by atoms with van der Waals surface area (Å²) in [5.74, 6) is 0.584. The number of rotatable bonds is 3. The van der Waals surface area contributed by atoms with E-state index in [1.54, 1.807) is 23.3 Å². The quantitative estimate of drug-likeness (QED) is 0.143. The van der Waals surface area contributed by atoms with E-state index in [0.717, 1.165) is 0 Å². The second-order valence-electron chi connectivity index (χ2n) is 10.3. The molecule has 0 aliphatic heterocycles. The molecule has 0 heterocycles. The van der Waals surface area contributed by atoms with Gasteiger partial charge in [-0.15, -0.1) is 69.1 Å². The van der Waals surface area contributed by atoms with E-state index in [9.17, 15) is 0 Å². The van der Waals surface area contributed by atoms with Crippen LogP contribution in [0.3, 0.4) is 0 Å². The maximum atomic E-state index is 2.34. The summed E-state index contributed by atoms with van der Waals surface area (Å²) in [5.41, 5.74) is 8.21. The largest absolute Gasteiger partial charge is 0.165 e. The topological polar surface area (TPSA) is 0 Å². The molecule has 188 valence electrons. The first-order valence-corrected chi connectivity index (χ1v) is 19.5. The zero-order chi connectivity index (χ0) is 27.1. The molecule has 0 saturated carbocycles. The Morgan fingerprint density at radius 3 is 1.53 bits per heavy atom. The Bertz CT molecular complexity index is 1610. The van der Waals surface area contributed by atoms with Gasteiger partial charge in [0.05, 0.1) is 0 Å². The Morgan fingerprint density at radius 1 is 0.605 bits per heavy atom. The molecule has 0 aromatic heterocycles. The SMILES string of the molecule is CC(C)c1cc2c(-c3ccccc3)cccc2[cH-]1.C[Si](C)=[Zr+2].Cc1cc2c(-c3ccccc3)cccc2[cH-]1. The minimum absolute atomic E-state index is 0.210. The van der Waals surface area contributed by atoms with Crippen molar-refractivity contribution in [3.63, 3.8) is 0 Å². The Labute approximate surface area is 243 Å². The molecule has 0 radical (unpaired) electrons. The monoisotopic (exact) mass is 586 g/mol. The Kier molecular flexibility index (Phi) is 9.89. The molecule has 0 aliphatic rings. The van der Waals surface area contributed by atoms with Crippen molar-refractivity contribution in [2.45, 2.75) is 39.8 Å². The van der Waals surface area contributed by atoms with Crippen LogP contribution in [0, 0.1) is 6.92 Å². The van der Waals surface area contributed by atoms with Gasteiger partial charge in [-0.2, -0.15) is 12.1 Å². The number of hydrogen-bond donors (Lipinski definition) is 0. The van der Waals surface area contributed by atoms with Gasteiger partial charge in [0.2, 0.25) is 0 Å². The van der Waals surface area contributed by atoms with Crippen LogP contribution in [0.15, 0.2) is 121 Å². The second kappa shape index (κ2) is 13.3. The van der Waals surface area contributed by atoms with Crippen LogP contribution in [0.4, 0.5) is 0 Å². The van der Waals surface area contributed by atoms with Gasteiger partial charge in [0.25, 0.3) is 0 Å². The van der Waals surface area contributed by atoms with Gasteiger partial charge in [-0.3, -0.25) is 0 Å². The average molecular weight is 588 g/mol. The van der Waals surface area contributed by atoms with E-state index < -0.39 is 0 Å². The van der Waals surface area contributed by atoms with Crippen molar-refractivity contribution in [2.24, 2.45) is 0 Å². The van der Waals surface area contributed by atoms with E-state index in [0.29, 0.717) is 5.92 Å². The molecule has 0 bridgehead atoms. The van der Waals surface area contributed by atoms with Gasteiger partial charge in [0.15, 0.2) is 0 Å². The summed E-state index contributed by atoms with van der Waals surface area (Å²) >= 11 is 1.74. The first-order valence-electron chi connectivity index (χ1n) is 13.3. The predicted octanol–water partition coefficient (Wildman–Crippen LogP) is 10.7. The van der Waals surface area contributed by atoms with Gasteiger partial charge in [-0.05, 0) is 17.0 Å². The van der Waals surface area contributed by atoms with Gasteiger partial charge >= 0.3 is 41.9 Å². The summed E-state index contributed by atoms with van der Waals surface area (Å²) in [6, 6.07) is 43.4. The minimum Gasteiger partial charge on any atom is -0.165 e. The van der Waals surface area contributed by atoms with Gasteiger partial charge in [-0.1, -0.05) is 105 Å². The van der Waals surface area contributed by atoms with Crippen LogP contribution < -0.4 is 0 Å². The molecule has 6 rings (SSSR count). The Morgan fingerprint density at radius 2 is 1.05 bits per heavy atom. The molecule has 0 N–H and O–H groups in total. The molecular weight excluding hydrogens is 552 g/mol. The van der Waals surface area contributed by atoms with Gasteiger partial charge in [-0.25, -0.2) is 0 Å². The van der Waals surface area contributed by atoms with E-state index in [4.69, 9.17) is 0 Å². The maximum Gasteiger partial charge on any atom is -0.0279 e. The smallest absolute Gasteiger partial charge is 0.0279 e. The predicted molar refractivity (Wildman–Crippen MR) is 166 cm³/mol. The van der Waals surface area contributed by atoms with Crippen LogP contribution >= 0.6 is 0 Å². The zero-order valence-electron chi connectivity index (χ0n) is 23.1. The van der Waals surface area contributed by atoms with Crippen LogP contribution in [0.1, 0.15) is 30.9 Å².